The van der Waals surface area contributed by atoms with E-state index in [0.717, 1.165) is 0 Å². The van der Waals surface area contributed by atoms with Crippen molar-refractivity contribution in [2.45, 2.75) is 0 Å². The van der Waals surface area contributed by atoms with Gasteiger partial charge in [-0.25, -0.2) is 4.79 Å². The van der Waals surface area contributed by atoms with Crippen LogP contribution < -0.4 is 5.01 Å². The minimum atomic E-state index is -0.556. The fourth-order valence-corrected chi connectivity index (χ4v) is 2.31. The van der Waals surface area contributed by atoms with Crippen molar-refractivity contribution < 1.29 is 14.3 Å². The first-order valence-corrected chi connectivity index (χ1v) is 7.68. The first-order valence-electron chi connectivity index (χ1n) is 7.68. The van der Waals surface area contributed by atoms with Gasteiger partial charge in [-0.15, -0.1) is 0 Å². The molecule has 132 valence electrons. The molecule has 0 bridgehead atoms. The molecule has 0 N–H and O–H groups in total. The number of benzene rings is 1. The Morgan fingerprint density at radius 2 is 1.76 bits per heavy atom. The van der Waals surface area contributed by atoms with E-state index in [2.05, 4.69) is 5.10 Å². The van der Waals surface area contributed by atoms with E-state index in [9.17, 15) is 9.59 Å². The molecule has 1 aliphatic heterocycles. The quantitative estimate of drug-likeness (QED) is 0.599. The molecule has 0 spiro atoms. The van der Waals surface area contributed by atoms with Gasteiger partial charge in [-0.05, 0) is 12.1 Å². The molecule has 2 rings (SSSR count). The summed E-state index contributed by atoms with van der Waals surface area (Å²) in [5.74, 6) is -0.858. The van der Waals surface area contributed by atoms with Crippen LogP contribution in [0.3, 0.4) is 0 Å². The molecule has 0 radical (unpaired) electrons. The highest BCUT2D eigenvalue weighted by Crippen LogP contribution is 2.26. The Hall–Kier alpha value is -3.09. The molecule has 1 aromatic carbocycles. The summed E-state index contributed by atoms with van der Waals surface area (Å²) in [6, 6.07) is 9.07. The molecule has 25 heavy (non-hydrogen) atoms. The van der Waals surface area contributed by atoms with Crippen LogP contribution in [-0.4, -0.2) is 62.7 Å². The zero-order valence-corrected chi connectivity index (χ0v) is 15.1. The first kappa shape index (κ1) is 18.3. The van der Waals surface area contributed by atoms with Gasteiger partial charge >= 0.3 is 5.97 Å². The molecule has 0 unspecified atom stereocenters. The van der Waals surface area contributed by atoms with Crippen molar-refractivity contribution in [2.75, 3.05) is 40.3 Å². The van der Waals surface area contributed by atoms with Gasteiger partial charge in [0.2, 0.25) is 0 Å². The molecule has 0 atom stereocenters. The standard InChI is InChI=1S/C18H22N4O3/c1-20(2)11-14-16(15(12-21(3)4)18(24)25-5)19-22(17(14)23)13-9-7-6-8-10-13/h6-12H,1-5H3/b14-11?,15-12+. The number of hydrazone groups is 1. The molecule has 0 fully saturated rings. The molecule has 0 saturated heterocycles. The number of carbonyl (C=O) groups is 2. The van der Waals surface area contributed by atoms with E-state index in [4.69, 9.17) is 4.74 Å². The summed E-state index contributed by atoms with van der Waals surface area (Å²) in [7, 11) is 8.47. The molecule has 7 nitrogen and oxygen atoms in total. The second kappa shape index (κ2) is 7.65. The number of para-hydroxylation sites is 1. The van der Waals surface area contributed by atoms with Crippen LogP contribution in [0.2, 0.25) is 0 Å². The summed E-state index contributed by atoms with van der Waals surface area (Å²) in [6.07, 6.45) is 3.24. The Bertz CT molecular complexity index is 749. The Labute approximate surface area is 147 Å². The van der Waals surface area contributed by atoms with Crippen LogP contribution in [0, 0.1) is 0 Å². The summed E-state index contributed by atoms with van der Waals surface area (Å²) in [6.45, 7) is 0. The zero-order valence-electron chi connectivity index (χ0n) is 15.1. The van der Waals surface area contributed by atoms with Crippen molar-refractivity contribution in [3.05, 3.63) is 53.9 Å². The monoisotopic (exact) mass is 342 g/mol. The van der Waals surface area contributed by atoms with Crippen LogP contribution in [0.25, 0.3) is 0 Å². The molecular formula is C18H22N4O3. The molecule has 1 aromatic rings. The maximum Gasteiger partial charge on any atom is 0.341 e. The predicted molar refractivity (Wildman–Crippen MR) is 96.9 cm³/mol. The Morgan fingerprint density at radius 1 is 1.12 bits per heavy atom. The van der Waals surface area contributed by atoms with Gasteiger partial charge in [0, 0.05) is 40.6 Å². The lowest BCUT2D eigenvalue weighted by atomic mass is 10.0. The van der Waals surface area contributed by atoms with Crippen LogP contribution in [-0.2, 0) is 14.3 Å². The van der Waals surface area contributed by atoms with E-state index in [-0.39, 0.29) is 17.2 Å². The predicted octanol–water partition coefficient (Wildman–Crippen LogP) is 1.45. The van der Waals surface area contributed by atoms with Crippen molar-refractivity contribution in [1.29, 1.82) is 0 Å². The van der Waals surface area contributed by atoms with Gasteiger partial charge in [0.25, 0.3) is 5.91 Å². The van der Waals surface area contributed by atoms with E-state index in [1.54, 1.807) is 62.5 Å². The fourth-order valence-electron chi connectivity index (χ4n) is 2.31. The highest BCUT2D eigenvalue weighted by molar-refractivity contribution is 6.40. The number of rotatable bonds is 5. The number of nitrogens with zero attached hydrogens (tertiary/aromatic N) is 4. The first-order chi connectivity index (χ1) is 11.8. The number of ether oxygens (including phenoxy) is 1. The van der Waals surface area contributed by atoms with Gasteiger partial charge < -0.3 is 14.5 Å². The number of esters is 1. The Morgan fingerprint density at radius 3 is 2.28 bits per heavy atom. The topological polar surface area (TPSA) is 65.5 Å². The lowest BCUT2D eigenvalue weighted by molar-refractivity contribution is -0.135. The van der Waals surface area contributed by atoms with Crippen molar-refractivity contribution in [2.24, 2.45) is 5.10 Å². The third-order valence-electron chi connectivity index (χ3n) is 3.31. The lowest BCUT2D eigenvalue weighted by Crippen LogP contribution is -2.24. The van der Waals surface area contributed by atoms with E-state index < -0.39 is 5.97 Å². The van der Waals surface area contributed by atoms with Gasteiger partial charge in [0.1, 0.15) is 11.3 Å². The van der Waals surface area contributed by atoms with Crippen LogP contribution in [0.1, 0.15) is 0 Å². The SMILES string of the molecule is COC(=O)/C(=C/N(C)C)C1=NN(c2ccccc2)C(=O)C1=CN(C)C. The zero-order chi connectivity index (χ0) is 18.6. The second-order valence-electron chi connectivity index (χ2n) is 5.91. The van der Waals surface area contributed by atoms with E-state index in [1.165, 1.54) is 12.1 Å². The summed E-state index contributed by atoms with van der Waals surface area (Å²) in [5.41, 5.74) is 1.45. The number of methoxy groups -OCH3 is 1. The minimum Gasteiger partial charge on any atom is -0.465 e. The van der Waals surface area contributed by atoms with Crippen LogP contribution in [0.15, 0.2) is 59.0 Å². The summed E-state index contributed by atoms with van der Waals surface area (Å²) < 4.78 is 4.87. The van der Waals surface area contributed by atoms with Crippen LogP contribution in [0.4, 0.5) is 5.69 Å². The Balaban J connectivity index is 2.60. The van der Waals surface area contributed by atoms with E-state index in [0.29, 0.717) is 11.3 Å². The molecule has 1 heterocycles. The third kappa shape index (κ3) is 4.06. The van der Waals surface area contributed by atoms with Crippen LogP contribution >= 0.6 is 0 Å². The summed E-state index contributed by atoms with van der Waals surface area (Å²) >= 11 is 0. The minimum absolute atomic E-state index is 0.215. The number of hydrogen-bond acceptors (Lipinski definition) is 6. The number of amides is 1. The molecule has 0 aliphatic carbocycles. The highest BCUT2D eigenvalue weighted by atomic mass is 16.5. The number of hydrogen-bond donors (Lipinski definition) is 0. The molecular weight excluding hydrogens is 320 g/mol. The van der Waals surface area contributed by atoms with Crippen LogP contribution in [0.5, 0.6) is 0 Å². The largest absolute Gasteiger partial charge is 0.465 e. The van der Waals surface area contributed by atoms with Crippen molar-refractivity contribution in [3.8, 4) is 0 Å². The van der Waals surface area contributed by atoms with Crippen molar-refractivity contribution >= 4 is 23.3 Å². The third-order valence-corrected chi connectivity index (χ3v) is 3.31. The fraction of sp³-hybridized carbons (Fsp3) is 0.278. The van der Waals surface area contributed by atoms with E-state index >= 15 is 0 Å². The van der Waals surface area contributed by atoms with Gasteiger partial charge in [0.15, 0.2) is 0 Å². The molecule has 7 heteroatoms. The van der Waals surface area contributed by atoms with Gasteiger partial charge in [-0.2, -0.15) is 10.1 Å². The lowest BCUT2D eigenvalue weighted by Gasteiger charge is -2.12. The number of carbonyl (C=O) groups excluding carboxylic acids is 2. The number of anilines is 1. The molecule has 0 aromatic heterocycles. The smallest absolute Gasteiger partial charge is 0.341 e. The van der Waals surface area contributed by atoms with Crippen molar-refractivity contribution in [3.63, 3.8) is 0 Å². The second-order valence-corrected chi connectivity index (χ2v) is 5.91. The Kier molecular flexibility index (Phi) is 5.59. The average molecular weight is 342 g/mol. The maximum atomic E-state index is 12.9. The van der Waals surface area contributed by atoms with Gasteiger partial charge in [-0.1, -0.05) is 18.2 Å². The normalized spacial score (nSPS) is 16.1. The summed E-state index contributed by atoms with van der Waals surface area (Å²) in [4.78, 5) is 28.6. The van der Waals surface area contributed by atoms with Crippen molar-refractivity contribution in [1.82, 2.24) is 9.80 Å². The van der Waals surface area contributed by atoms with Gasteiger partial charge in [-0.3, -0.25) is 4.79 Å². The van der Waals surface area contributed by atoms with E-state index in [1.807, 2.05) is 18.2 Å². The maximum absolute atomic E-state index is 12.9. The molecule has 0 saturated carbocycles. The molecule has 1 aliphatic rings. The highest BCUT2D eigenvalue weighted by Gasteiger charge is 2.36. The average Bonchev–Trinajstić information content (AvgIpc) is 2.89. The molecule has 1 amide bonds. The summed E-state index contributed by atoms with van der Waals surface area (Å²) in [5, 5.41) is 5.69. The van der Waals surface area contributed by atoms with Gasteiger partial charge in [0.05, 0.1) is 18.4 Å².